The molecule has 0 saturated carbocycles. The zero-order valence-electron chi connectivity index (χ0n) is 3.58. The molecule has 0 nitrogen and oxygen atoms in total. The first kappa shape index (κ1) is 8.96. The van der Waals surface area contributed by atoms with Gasteiger partial charge in [-0.05, 0) is 0 Å². The van der Waals surface area contributed by atoms with Gasteiger partial charge in [0, 0.05) is 0 Å². The summed E-state index contributed by atoms with van der Waals surface area (Å²) < 4.78 is 0. The molecule has 0 spiro atoms. The van der Waals surface area contributed by atoms with Crippen LogP contribution in [0.2, 0.25) is 13.1 Å². The monoisotopic (exact) mass is 82.0 g/mol. The first-order valence-electron chi connectivity index (χ1n) is 1.15. The van der Waals surface area contributed by atoms with Crippen molar-refractivity contribution in [2.75, 3.05) is 0 Å². The molecular weight excluding hydrogens is 75.1 g/mol. The predicted molar refractivity (Wildman–Crippen MR) is 18.9 cm³/mol. The zero-order chi connectivity index (χ0) is 2.71. The number of hydrogen-bond acceptors (Lipinski definition) is 0. The average molecular weight is 82.2 g/mol. The molecule has 20 valence electrons. The van der Waals surface area contributed by atoms with Gasteiger partial charge < -0.3 is 0 Å². The van der Waals surface area contributed by atoms with Crippen molar-refractivity contribution in [3.63, 3.8) is 0 Å². The molecule has 0 rings (SSSR count). The molecule has 0 aliphatic heterocycles. The maximum Gasteiger partial charge on any atom is 1.00 e. The summed E-state index contributed by atoms with van der Waals surface area (Å²) in [6.07, 6.45) is 0. The van der Waals surface area contributed by atoms with E-state index >= 15 is 0 Å². The van der Waals surface area contributed by atoms with Crippen molar-refractivity contribution in [2.45, 2.75) is 13.1 Å². The van der Waals surface area contributed by atoms with Gasteiger partial charge in [-0.2, -0.15) is 13.1 Å². The van der Waals surface area contributed by atoms with Crippen LogP contribution in [0.25, 0.3) is 0 Å². The normalized spacial score (nSPS) is 4.50. The Balaban J connectivity index is 0. The Labute approximate surface area is 52.1 Å². The van der Waals surface area contributed by atoms with E-state index in [1.165, 1.54) is 0 Å². The second-order valence-electron chi connectivity index (χ2n) is 0.577. The minimum absolute atomic E-state index is 0. The van der Waals surface area contributed by atoms with Gasteiger partial charge in [0.25, 0.3) is 0 Å². The molecule has 4 heavy (non-hydrogen) atoms. The smallest absolute Gasteiger partial charge is 0.286 e. The van der Waals surface area contributed by atoms with Crippen molar-refractivity contribution in [1.82, 2.24) is 0 Å². The molecule has 0 aromatic rings. The first-order chi connectivity index (χ1) is 1.41. The van der Waals surface area contributed by atoms with Crippen molar-refractivity contribution in [1.29, 1.82) is 0 Å². The predicted octanol–water partition coefficient (Wildman–Crippen LogP) is -2.48. The number of hydrogen-bond donors (Lipinski definition) is 0. The molecule has 0 aromatic carbocycles. The van der Waals surface area contributed by atoms with E-state index in [9.17, 15) is 0 Å². The second kappa shape index (κ2) is 8.88. The largest absolute Gasteiger partial charge is 1.00 e. The Kier molecular flexibility index (Phi) is 19.9. The van der Waals surface area contributed by atoms with Crippen LogP contribution in [0.4, 0.5) is 0 Å². The maximum absolute atomic E-state index is 2.21. The van der Waals surface area contributed by atoms with Crippen LogP contribution in [-0.2, 0) is 0 Å². The maximum atomic E-state index is 2.21. The fraction of sp³-hybridized carbons (Fsp3) is 1.00. The topological polar surface area (TPSA) is 0 Å². The van der Waals surface area contributed by atoms with Crippen molar-refractivity contribution >= 4 is 9.52 Å². The molecule has 0 saturated heterocycles. The van der Waals surface area contributed by atoms with Crippen LogP contribution in [0.5, 0.6) is 0 Å². The molecule has 0 aromatic heterocycles. The molecule has 0 N–H and O–H groups in total. The van der Waals surface area contributed by atoms with Gasteiger partial charge in [0.1, 0.15) is 0 Å². The van der Waals surface area contributed by atoms with Gasteiger partial charge in [0.05, 0.1) is 0 Å². The van der Waals surface area contributed by atoms with E-state index in [2.05, 4.69) is 13.1 Å². The zero-order valence-corrected chi connectivity index (χ0v) is 6.73. The summed E-state index contributed by atoms with van der Waals surface area (Å²) in [6, 6.07) is 0. The summed E-state index contributed by atoms with van der Waals surface area (Å²) in [5, 5.41) is 0. The van der Waals surface area contributed by atoms with E-state index in [-0.39, 0.29) is 29.6 Å². The molecule has 0 radical (unpaired) electrons. The Morgan fingerprint density at radius 3 is 1.25 bits per heavy atom. The van der Waals surface area contributed by atoms with E-state index in [1.807, 2.05) is 0 Å². The summed E-state index contributed by atoms with van der Waals surface area (Å²) in [6.45, 7) is 4.42. The van der Waals surface area contributed by atoms with Crippen molar-refractivity contribution < 1.29 is 29.6 Å². The summed E-state index contributed by atoms with van der Waals surface area (Å²) in [4.78, 5) is 0. The van der Waals surface area contributed by atoms with E-state index in [0.717, 1.165) is 9.52 Å². The third kappa shape index (κ3) is 10.7. The minimum atomic E-state index is 0. The van der Waals surface area contributed by atoms with E-state index in [0.29, 0.717) is 0 Å². The van der Waals surface area contributed by atoms with Crippen LogP contribution in [0.15, 0.2) is 0 Å². The Morgan fingerprint density at radius 1 is 1.25 bits per heavy atom. The average Bonchev–Trinajstić information content (AvgIpc) is 0.918. The molecule has 0 atom stereocenters. The molecule has 0 amide bonds. The fourth-order valence-electron chi connectivity index (χ4n) is 0. The van der Waals surface area contributed by atoms with Gasteiger partial charge in [0.15, 0.2) is 0 Å². The van der Waals surface area contributed by atoms with Gasteiger partial charge in [-0.15, -0.1) is 0 Å². The molecule has 0 unspecified atom stereocenters. The van der Waals surface area contributed by atoms with Crippen LogP contribution < -0.4 is 29.6 Å². The van der Waals surface area contributed by atoms with Gasteiger partial charge in [-0.3, -0.25) is 9.52 Å². The van der Waals surface area contributed by atoms with Crippen LogP contribution in [0, 0.1) is 0 Å². The summed E-state index contributed by atoms with van der Waals surface area (Å²) in [7, 11) is 0.750. The molecule has 0 aliphatic carbocycles. The van der Waals surface area contributed by atoms with Crippen molar-refractivity contribution in [3.05, 3.63) is 0 Å². The summed E-state index contributed by atoms with van der Waals surface area (Å²) >= 11 is 0. The molecule has 2 heteroatoms. The Morgan fingerprint density at radius 2 is 1.25 bits per heavy atom. The van der Waals surface area contributed by atoms with Crippen molar-refractivity contribution in [3.8, 4) is 0 Å². The Bertz CT molecular complexity index is 6.00. The molecule has 0 fully saturated rings. The quantitative estimate of drug-likeness (QED) is 0.284. The minimum Gasteiger partial charge on any atom is -0.286 e. The second-order valence-corrected chi connectivity index (χ2v) is 1.73. The Hall–Kier alpha value is 1.22. The van der Waals surface area contributed by atoms with Crippen molar-refractivity contribution in [2.24, 2.45) is 0 Å². The standard InChI is InChI=1S/C2H7Si.Na/c1-3-2;/h3H,1-2H3;/q-1;+1. The van der Waals surface area contributed by atoms with Crippen LogP contribution in [-0.4, -0.2) is 9.52 Å². The summed E-state index contributed by atoms with van der Waals surface area (Å²) in [5.74, 6) is 0. The number of rotatable bonds is 0. The fourth-order valence-corrected chi connectivity index (χ4v) is 0. The molecule has 0 bridgehead atoms. The molecule has 0 aliphatic rings. The van der Waals surface area contributed by atoms with Crippen LogP contribution in [0.1, 0.15) is 0 Å². The third-order valence-electron chi connectivity index (χ3n) is 0. The van der Waals surface area contributed by atoms with E-state index < -0.39 is 0 Å². The first-order valence-corrected chi connectivity index (χ1v) is 3.46. The van der Waals surface area contributed by atoms with Gasteiger partial charge >= 0.3 is 29.6 Å². The van der Waals surface area contributed by atoms with Gasteiger partial charge in [0.2, 0.25) is 0 Å². The molecular formula is C2H7NaSi. The van der Waals surface area contributed by atoms with Crippen LogP contribution in [0.3, 0.4) is 0 Å². The van der Waals surface area contributed by atoms with Gasteiger partial charge in [-0.1, -0.05) is 0 Å². The summed E-state index contributed by atoms with van der Waals surface area (Å²) in [5.41, 5.74) is 0. The molecule has 0 heterocycles. The van der Waals surface area contributed by atoms with Crippen LogP contribution >= 0.6 is 0 Å². The van der Waals surface area contributed by atoms with E-state index in [4.69, 9.17) is 0 Å². The SMILES string of the molecule is C[SiH-]C.[Na+]. The van der Waals surface area contributed by atoms with Gasteiger partial charge in [-0.25, -0.2) is 0 Å². The van der Waals surface area contributed by atoms with E-state index in [1.54, 1.807) is 0 Å². The third-order valence-corrected chi connectivity index (χ3v) is 0.